The van der Waals surface area contributed by atoms with E-state index in [1.165, 1.54) is 37.9 Å². The fourth-order valence-corrected chi connectivity index (χ4v) is 8.08. The fourth-order valence-electron chi connectivity index (χ4n) is 8.08. The molecule has 0 fully saturated rings. The van der Waals surface area contributed by atoms with Crippen LogP contribution in [0, 0.1) is 0 Å². The zero-order chi connectivity index (χ0) is 36.3. The molecule has 4 heteroatoms. The van der Waals surface area contributed by atoms with Gasteiger partial charge in [-0.25, -0.2) is 15.0 Å². The highest BCUT2D eigenvalue weighted by Crippen LogP contribution is 2.40. The number of hydrogen-bond acceptors (Lipinski definition) is 4. The summed E-state index contributed by atoms with van der Waals surface area (Å²) in [6.45, 7) is 0. The molecule has 256 valence electrons. The molecule has 0 unspecified atom stereocenters. The first-order chi connectivity index (χ1) is 27.2. The molecule has 4 nitrogen and oxygen atoms in total. The lowest BCUT2D eigenvalue weighted by atomic mass is 9.89. The third-order valence-corrected chi connectivity index (χ3v) is 10.7. The first-order valence-electron chi connectivity index (χ1n) is 18.5. The van der Waals surface area contributed by atoms with Gasteiger partial charge in [0.2, 0.25) is 0 Å². The van der Waals surface area contributed by atoms with E-state index in [2.05, 4.69) is 146 Å². The van der Waals surface area contributed by atoms with Gasteiger partial charge in [0.15, 0.2) is 17.5 Å². The second-order valence-electron chi connectivity index (χ2n) is 14.0. The van der Waals surface area contributed by atoms with Crippen LogP contribution >= 0.6 is 0 Å². The van der Waals surface area contributed by atoms with Crippen molar-refractivity contribution in [2.45, 2.75) is 0 Å². The van der Waals surface area contributed by atoms with Crippen molar-refractivity contribution in [3.63, 3.8) is 0 Å². The summed E-state index contributed by atoms with van der Waals surface area (Å²) in [4.78, 5) is 15.5. The SMILES string of the molecule is c1ccc(-c2ccccc2-c2nc(-c3ccc(-c4c5ccccc5cc5c4ccc4ccccc45)cc3)nc(-c3ccc4oc5ccccc5c4c3)n2)cc1. The second kappa shape index (κ2) is 12.6. The largest absolute Gasteiger partial charge is 0.456 e. The molecule has 0 radical (unpaired) electrons. The van der Waals surface area contributed by atoms with E-state index in [4.69, 9.17) is 19.4 Å². The van der Waals surface area contributed by atoms with Crippen molar-refractivity contribution in [1.82, 2.24) is 15.0 Å². The number of furan rings is 1. The maximum atomic E-state index is 6.16. The molecule has 11 aromatic rings. The number of benzene rings is 9. The van der Waals surface area contributed by atoms with Crippen molar-refractivity contribution in [2.75, 3.05) is 0 Å². The van der Waals surface area contributed by atoms with E-state index in [9.17, 15) is 0 Å². The van der Waals surface area contributed by atoms with Crippen molar-refractivity contribution in [1.29, 1.82) is 0 Å². The molecule has 11 rings (SSSR count). The van der Waals surface area contributed by atoms with Crippen LogP contribution in [0.4, 0.5) is 0 Å². The van der Waals surface area contributed by atoms with Gasteiger partial charge in [-0.15, -0.1) is 0 Å². The molecule has 2 aromatic heterocycles. The zero-order valence-corrected chi connectivity index (χ0v) is 29.6. The normalized spacial score (nSPS) is 11.6. The minimum absolute atomic E-state index is 0.603. The number of para-hydroxylation sites is 1. The van der Waals surface area contributed by atoms with Crippen molar-refractivity contribution in [3.05, 3.63) is 188 Å². The van der Waals surface area contributed by atoms with Crippen LogP contribution in [-0.2, 0) is 0 Å². The van der Waals surface area contributed by atoms with E-state index < -0.39 is 0 Å². The fraction of sp³-hybridized carbons (Fsp3) is 0. The smallest absolute Gasteiger partial charge is 0.164 e. The molecule has 0 bridgehead atoms. The van der Waals surface area contributed by atoms with Gasteiger partial charge in [0.1, 0.15) is 11.2 Å². The van der Waals surface area contributed by atoms with Crippen molar-refractivity contribution < 1.29 is 4.42 Å². The lowest BCUT2D eigenvalue weighted by Crippen LogP contribution is -2.01. The van der Waals surface area contributed by atoms with E-state index in [1.54, 1.807) is 0 Å². The van der Waals surface area contributed by atoms with Gasteiger partial charge < -0.3 is 4.42 Å². The summed E-state index contributed by atoms with van der Waals surface area (Å²) < 4.78 is 6.16. The van der Waals surface area contributed by atoms with Crippen LogP contribution in [0.25, 0.3) is 111 Å². The Bertz CT molecular complexity index is 3260. The molecule has 0 aliphatic heterocycles. The van der Waals surface area contributed by atoms with Crippen molar-refractivity contribution in [2.24, 2.45) is 0 Å². The molecule has 0 N–H and O–H groups in total. The molecule has 0 saturated heterocycles. The number of aromatic nitrogens is 3. The van der Waals surface area contributed by atoms with E-state index >= 15 is 0 Å². The number of rotatable bonds is 5. The highest BCUT2D eigenvalue weighted by Gasteiger charge is 2.18. The van der Waals surface area contributed by atoms with Gasteiger partial charge in [0, 0.05) is 27.5 Å². The Hall–Kier alpha value is -7.43. The van der Waals surface area contributed by atoms with E-state index in [-0.39, 0.29) is 0 Å². The minimum Gasteiger partial charge on any atom is -0.456 e. The summed E-state index contributed by atoms with van der Waals surface area (Å²) in [5.74, 6) is 1.83. The maximum absolute atomic E-state index is 6.16. The third kappa shape index (κ3) is 5.26. The Morgan fingerprint density at radius 1 is 0.291 bits per heavy atom. The lowest BCUT2D eigenvalue weighted by Gasteiger charge is -2.15. The van der Waals surface area contributed by atoms with E-state index in [0.29, 0.717) is 17.5 Å². The quantitative estimate of drug-likeness (QED) is 0.132. The second-order valence-corrected chi connectivity index (χ2v) is 14.0. The molecule has 0 saturated carbocycles. The van der Waals surface area contributed by atoms with Gasteiger partial charge in [0.25, 0.3) is 0 Å². The maximum Gasteiger partial charge on any atom is 0.164 e. The predicted octanol–water partition coefficient (Wildman–Crippen LogP) is 13.6. The minimum atomic E-state index is 0.603. The highest BCUT2D eigenvalue weighted by atomic mass is 16.3. The molecule has 9 aromatic carbocycles. The lowest BCUT2D eigenvalue weighted by molar-refractivity contribution is 0.669. The molecule has 0 atom stereocenters. The number of hydrogen-bond donors (Lipinski definition) is 0. The summed E-state index contributed by atoms with van der Waals surface area (Å²) in [6.07, 6.45) is 0. The standard InChI is InChI=1S/C51H31N3O/c1-2-12-32(13-3-1)38-16-8-9-20-43(38)51-53-49(52-50(54-51)37-27-29-47-45(31-37)41-19-10-11-21-46(41)55-47)35-24-22-34(23-25-35)48-40-18-7-5-15-36(40)30-44-39-17-6-4-14-33(39)26-28-42(44)48/h1-31H. The van der Waals surface area contributed by atoms with Gasteiger partial charge >= 0.3 is 0 Å². The third-order valence-electron chi connectivity index (χ3n) is 10.7. The molecular formula is C51H31N3O. The van der Waals surface area contributed by atoms with Crippen molar-refractivity contribution in [3.8, 4) is 56.4 Å². The summed E-state index contributed by atoms with van der Waals surface area (Å²) in [6, 6.07) is 65.9. The Labute approximate surface area is 317 Å². The Kier molecular flexibility index (Phi) is 7.14. The van der Waals surface area contributed by atoms with Gasteiger partial charge in [-0.2, -0.15) is 0 Å². The van der Waals surface area contributed by atoms with Gasteiger partial charge in [-0.3, -0.25) is 0 Å². The number of nitrogens with zero attached hydrogens (tertiary/aromatic N) is 3. The average molecular weight is 702 g/mol. The molecule has 0 aliphatic rings. The summed E-state index contributed by atoms with van der Waals surface area (Å²) in [5, 5.41) is 9.51. The summed E-state index contributed by atoms with van der Waals surface area (Å²) in [5.41, 5.74) is 8.97. The van der Waals surface area contributed by atoms with Crippen LogP contribution in [0.5, 0.6) is 0 Å². The van der Waals surface area contributed by atoms with Gasteiger partial charge in [-0.05, 0) is 84.9 Å². The predicted molar refractivity (Wildman–Crippen MR) is 227 cm³/mol. The van der Waals surface area contributed by atoms with E-state index in [1.807, 2.05) is 42.5 Å². The molecule has 55 heavy (non-hydrogen) atoms. The van der Waals surface area contributed by atoms with Crippen LogP contribution in [-0.4, -0.2) is 15.0 Å². The highest BCUT2D eigenvalue weighted by molar-refractivity contribution is 6.20. The van der Waals surface area contributed by atoms with Crippen LogP contribution in [0.3, 0.4) is 0 Å². The van der Waals surface area contributed by atoms with E-state index in [0.717, 1.165) is 55.3 Å². The van der Waals surface area contributed by atoms with Gasteiger partial charge in [-0.1, -0.05) is 158 Å². The van der Waals surface area contributed by atoms with Crippen LogP contribution < -0.4 is 0 Å². The monoisotopic (exact) mass is 701 g/mol. The Morgan fingerprint density at radius 2 is 0.891 bits per heavy atom. The zero-order valence-electron chi connectivity index (χ0n) is 29.6. The van der Waals surface area contributed by atoms with Crippen LogP contribution in [0.2, 0.25) is 0 Å². The van der Waals surface area contributed by atoms with Crippen LogP contribution in [0.15, 0.2) is 192 Å². The molecular weight excluding hydrogens is 671 g/mol. The van der Waals surface area contributed by atoms with Gasteiger partial charge in [0.05, 0.1) is 0 Å². The average Bonchev–Trinajstić information content (AvgIpc) is 3.64. The Balaban J connectivity index is 1.10. The van der Waals surface area contributed by atoms with Crippen LogP contribution in [0.1, 0.15) is 0 Å². The molecule has 0 aliphatic carbocycles. The molecule has 0 amide bonds. The first-order valence-corrected chi connectivity index (χ1v) is 18.5. The Morgan fingerprint density at radius 3 is 1.73 bits per heavy atom. The topological polar surface area (TPSA) is 51.8 Å². The number of fused-ring (bicyclic) bond motifs is 7. The summed E-state index contributed by atoms with van der Waals surface area (Å²) in [7, 11) is 0. The van der Waals surface area contributed by atoms with Crippen molar-refractivity contribution >= 4 is 54.3 Å². The summed E-state index contributed by atoms with van der Waals surface area (Å²) >= 11 is 0. The first kappa shape index (κ1) is 31.1. The molecule has 2 heterocycles. The molecule has 0 spiro atoms.